The number of hydrogen-bond donors (Lipinski definition) is 2. The number of aliphatic hydroxyl groups excluding tert-OH is 1. The van der Waals surface area contributed by atoms with Crippen LogP contribution in [0.3, 0.4) is 0 Å². The van der Waals surface area contributed by atoms with Crippen LogP contribution in [0.4, 0.5) is 0 Å². The summed E-state index contributed by atoms with van der Waals surface area (Å²) in [4.78, 5) is 29.2. The highest BCUT2D eigenvalue weighted by atomic mass is 16.3. The average molecular weight is 340 g/mol. The molecule has 0 amide bonds. The van der Waals surface area contributed by atoms with Gasteiger partial charge in [-0.25, -0.2) is 0 Å². The van der Waals surface area contributed by atoms with Crippen molar-refractivity contribution in [2.45, 2.75) is 13.8 Å². The lowest BCUT2D eigenvalue weighted by Crippen LogP contribution is -2.46. The first kappa shape index (κ1) is 20.8. The first-order valence-electron chi connectivity index (χ1n) is 8.60. The van der Waals surface area contributed by atoms with E-state index >= 15 is 0 Å². The Kier molecular flexibility index (Phi) is 9.78. The van der Waals surface area contributed by atoms with Crippen molar-refractivity contribution in [1.82, 2.24) is 20.0 Å². The van der Waals surface area contributed by atoms with Crippen LogP contribution in [0.5, 0.6) is 0 Å². The summed E-state index contributed by atoms with van der Waals surface area (Å²) in [7, 11) is 0. The van der Waals surface area contributed by atoms with Crippen molar-refractivity contribution in [3.05, 3.63) is 12.3 Å². The minimum absolute atomic E-state index is 0.139. The molecule has 0 saturated carbocycles. The molecule has 24 heavy (non-hydrogen) atoms. The van der Waals surface area contributed by atoms with Crippen LogP contribution in [0.15, 0.2) is 12.3 Å². The number of hydrogen-bond acceptors (Lipinski definition) is 7. The number of nitrogens with one attached hydrogen (secondary N) is 1. The standard InChI is InChI=1S/C17H32N4O3/c1-15(22)12-19-6-4-18-5-7-20(13-16(2)23)9-11-21(10-8-19)14-17(3)24/h18,24H,3-14H2,1-2H3. The van der Waals surface area contributed by atoms with Gasteiger partial charge in [0.25, 0.3) is 0 Å². The molecule has 0 aromatic heterocycles. The number of aliphatic hydroxyl groups is 1. The molecule has 0 atom stereocenters. The van der Waals surface area contributed by atoms with Crippen molar-refractivity contribution in [3.8, 4) is 0 Å². The fourth-order valence-electron chi connectivity index (χ4n) is 2.86. The summed E-state index contributed by atoms with van der Waals surface area (Å²) < 4.78 is 0. The smallest absolute Gasteiger partial charge is 0.143 e. The summed E-state index contributed by atoms with van der Waals surface area (Å²) in [6.45, 7) is 14.4. The summed E-state index contributed by atoms with van der Waals surface area (Å²) >= 11 is 0. The lowest BCUT2D eigenvalue weighted by Gasteiger charge is -2.30. The highest BCUT2D eigenvalue weighted by Crippen LogP contribution is 2.00. The van der Waals surface area contributed by atoms with Gasteiger partial charge < -0.3 is 10.4 Å². The maximum atomic E-state index is 11.4. The predicted octanol–water partition coefficient (Wildman–Crippen LogP) is -0.255. The molecule has 7 nitrogen and oxygen atoms in total. The molecule has 138 valence electrons. The third-order valence-electron chi connectivity index (χ3n) is 3.97. The van der Waals surface area contributed by atoms with E-state index in [0.29, 0.717) is 19.6 Å². The fourth-order valence-corrected chi connectivity index (χ4v) is 2.86. The topological polar surface area (TPSA) is 76.1 Å². The van der Waals surface area contributed by atoms with Crippen LogP contribution in [0.2, 0.25) is 0 Å². The maximum Gasteiger partial charge on any atom is 0.143 e. The van der Waals surface area contributed by atoms with Crippen LogP contribution in [0.25, 0.3) is 0 Å². The van der Waals surface area contributed by atoms with Crippen molar-refractivity contribution >= 4 is 11.6 Å². The number of nitrogens with zero attached hydrogens (tertiary/aromatic N) is 3. The summed E-state index contributed by atoms with van der Waals surface area (Å²) in [5, 5.41) is 12.9. The Hall–Kier alpha value is -1.28. The Balaban J connectivity index is 2.68. The number of ketones is 2. The van der Waals surface area contributed by atoms with Gasteiger partial charge in [-0.15, -0.1) is 0 Å². The second-order valence-electron chi connectivity index (χ2n) is 6.55. The van der Waals surface area contributed by atoms with E-state index in [1.54, 1.807) is 13.8 Å². The summed E-state index contributed by atoms with van der Waals surface area (Å²) in [6, 6.07) is 0. The zero-order valence-corrected chi connectivity index (χ0v) is 15.1. The number of carbonyl (C=O) groups is 2. The van der Waals surface area contributed by atoms with Crippen LogP contribution in [-0.4, -0.2) is 103 Å². The minimum Gasteiger partial charge on any atom is -0.512 e. The monoisotopic (exact) mass is 340 g/mol. The van der Waals surface area contributed by atoms with E-state index < -0.39 is 0 Å². The number of rotatable bonds is 6. The van der Waals surface area contributed by atoms with Gasteiger partial charge in [-0.3, -0.25) is 24.3 Å². The second-order valence-corrected chi connectivity index (χ2v) is 6.55. The van der Waals surface area contributed by atoms with Crippen LogP contribution in [-0.2, 0) is 9.59 Å². The molecule has 0 aromatic carbocycles. The largest absolute Gasteiger partial charge is 0.512 e. The predicted molar refractivity (Wildman–Crippen MR) is 95.3 cm³/mol. The van der Waals surface area contributed by atoms with Crippen LogP contribution < -0.4 is 5.32 Å². The highest BCUT2D eigenvalue weighted by Gasteiger charge is 2.15. The second kappa shape index (κ2) is 11.3. The number of Topliss-reactive ketones (excluding diaryl/α,β-unsaturated/α-hetero) is 2. The van der Waals surface area contributed by atoms with E-state index in [9.17, 15) is 14.7 Å². The van der Waals surface area contributed by atoms with Crippen molar-refractivity contribution in [1.29, 1.82) is 0 Å². The van der Waals surface area contributed by atoms with Gasteiger partial charge in [0.2, 0.25) is 0 Å². The van der Waals surface area contributed by atoms with Gasteiger partial charge in [0.05, 0.1) is 25.4 Å². The van der Waals surface area contributed by atoms with Crippen molar-refractivity contribution in [3.63, 3.8) is 0 Å². The lowest BCUT2D eigenvalue weighted by atomic mass is 10.3. The van der Waals surface area contributed by atoms with Crippen molar-refractivity contribution in [2.75, 3.05) is 72.0 Å². The van der Waals surface area contributed by atoms with Crippen LogP contribution in [0, 0.1) is 0 Å². The molecule has 0 radical (unpaired) electrons. The van der Waals surface area contributed by atoms with Gasteiger partial charge in [0.15, 0.2) is 0 Å². The summed E-state index contributed by atoms with van der Waals surface area (Å²) in [5.41, 5.74) is 0. The molecule has 0 unspecified atom stereocenters. The van der Waals surface area contributed by atoms with E-state index in [1.165, 1.54) is 0 Å². The first-order valence-corrected chi connectivity index (χ1v) is 8.60. The average Bonchev–Trinajstić information content (AvgIpc) is 2.45. The van der Waals surface area contributed by atoms with Gasteiger partial charge in [0.1, 0.15) is 11.6 Å². The van der Waals surface area contributed by atoms with E-state index in [0.717, 1.165) is 52.4 Å². The van der Waals surface area contributed by atoms with Gasteiger partial charge >= 0.3 is 0 Å². The minimum atomic E-state index is 0.139. The molecule has 1 saturated heterocycles. The SMILES string of the molecule is C=C(O)CN1CCN(CC(C)=O)CCNCCN(CC(C)=O)CC1. The molecule has 1 heterocycles. The maximum absolute atomic E-state index is 11.4. The van der Waals surface area contributed by atoms with Crippen LogP contribution >= 0.6 is 0 Å². The Bertz CT molecular complexity index is 398. The lowest BCUT2D eigenvalue weighted by molar-refractivity contribution is -0.118. The summed E-state index contributed by atoms with van der Waals surface area (Å²) in [6.07, 6.45) is 0. The molecule has 2 N–H and O–H groups in total. The third kappa shape index (κ3) is 9.77. The fraction of sp³-hybridized carbons (Fsp3) is 0.765. The molecule has 7 heteroatoms. The van der Waals surface area contributed by atoms with E-state index in [2.05, 4.69) is 26.6 Å². The normalized spacial score (nSPS) is 20.1. The zero-order valence-electron chi connectivity index (χ0n) is 15.1. The highest BCUT2D eigenvalue weighted by molar-refractivity contribution is 5.77. The van der Waals surface area contributed by atoms with Gasteiger partial charge in [-0.1, -0.05) is 6.58 Å². The molecule has 0 spiro atoms. The van der Waals surface area contributed by atoms with Gasteiger partial charge in [0, 0.05) is 52.4 Å². The molecule has 1 aliphatic heterocycles. The van der Waals surface area contributed by atoms with Crippen LogP contribution in [0.1, 0.15) is 13.8 Å². The Morgan fingerprint density at radius 3 is 1.54 bits per heavy atom. The number of carbonyl (C=O) groups excluding carboxylic acids is 2. The Morgan fingerprint density at radius 2 is 1.21 bits per heavy atom. The first-order chi connectivity index (χ1) is 11.4. The Labute approximate surface area is 145 Å². The van der Waals surface area contributed by atoms with E-state index in [-0.39, 0.29) is 17.3 Å². The molecule has 0 bridgehead atoms. The molecule has 0 aromatic rings. The quantitative estimate of drug-likeness (QED) is 0.646. The molecule has 1 rings (SSSR count). The van der Waals surface area contributed by atoms with Gasteiger partial charge in [-0.05, 0) is 13.8 Å². The third-order valence-corrected chi connectivity index (χ3v) is 3.97. The molecular weight excluding hydrogens is 308 g/mol. The Morgan fingerprint density at radius 1 is 0.833 bits per heavy atom. The summed E-state index contributed by atoms with van der Waals surface area (Å²) in [5.74, 6) is 0.459. The van der Waals surface area contributed by atoms with E-state index in [1.807, 2.05) is 0 Å². The van der Waals surface area contributed by atoms with Crippen molar-refractivity contribution in [2.24, 2.45) is 0 Å². The van der Waals surface area contributed by atoms with E-state index in [4.69, 9.17) is 0 Å². The molecule has 1 fully saturated rings. The van der Waals surface area contributed by atoms with Gasteiger partial charge in [-0.2, -0.15) is 0 Å². The zero-order chi connectivity index (χ0) is 17.9. The molecule has 1 aliphatic rings. The molecular formula is C17H32N4O3. The molecule has 0 aliphatic carbocycles. The van der Waals surface area contributed by atoms with Crippen molar-refractivity contribution < 1.29 is 14.7 Å².